The minimum Gasteiger partial charge on any atom is -0.316 e. The summed E-state index contributed by atoms with van der Waals surface area (Å²) < 4.78 is 0. The molecule has 1 spiro atoms. The second kappa shape index (κ2) is 5.02. The molecule has 0 unspecified atom stereocenters. The Morgan fingerprint density at radius 1 is 1.25 bits per heavy atom. The summed E-state index contributed by atoms with van der Waals surface area (Å²) in [5.41, 5.74) is 1.41. The minimum atomic E-state index is -0.393. The van der Waals surface area contributed by atoms with Gasteiger partial charge in [-0.1, -0.05) is 25.0 Å². The van der Waals surface area contributed by atoms with E-state index in [4.69, 9.17) is 0 Å². The van der Waals surface area contributed by atoms with Gasteiger partial charge in [0, 0.05) is 13.0 Å². The molecule has 1 heterocycles. The van der Waals surface area contributed by atoms with Crippen molar-refractivity contribution in [3.63, 3.8) is 0 Å². The Balaban J connectivity index is 1.92. The van der Waals surface area contributed by atoms with E-state index in [1.165, 1.54) is 4.90 Å². The molecule has 1 saturated carbocycles. The molecule has 4 heteroatoms. The highest BCUT2D eigenvalue weighted by Gasteiger charge is 2.53. The summed E-state index contributed by atoms with van der Waals surface area (Å²) in [5.74, 6) is -0.0277. The number of rotatable bonds is 3. The van der Waals surface area contributed by atoms with E-state index in [0.29, 0.717) is 6.42 Å². The van der Waals surface area contributed by atoms with Crippen molar-refractivity contribution in [2.24, 2.45) is 5.41 Å². The molecule has 106 valence electrons. The van der Waals surface area contributed by atoms with E-state index in [-0.39, 0.29) is 11.8 Å². The summed E-state index contributed by atoms with van der Waals surface area (Å²) in [6, 6.07) is 7.68. The SMILES string of the molecule is CNCc1cccc(N2C(=O)CC3(CCCC3)C2=O)c1. The van der Waals surface area contributed by atoms with Crippen molar-refractivity contribution in [2.45, 2.75) is 38.6 Å². The molecule has 2 fully saturated rings. The zero-order valence-electron chi connectivity index (χ0n) is 11.8. The van der Waals surface area contributed by atoms with Gasteiger partial charge in [-0.25, -0.2) is 0 Å². The van der Waals surface area contributed by atoms with Crippen molar-refractivity contribution >= 4 is 17.5 Å². The van der Waals surface area contributed by atoms with E-state index in [2.05, 4.69) is 5.32 Å². The highest BCUT2D eigenvalue weighted by Crippen LogP contribution is 2.47. The zero-order chi connectivity index (χ0) is 14.2. The minimum absolute atomic E-state index is 0.0154. The summed E-state index contributed by atoms with van der Waals surface area (Å²) in [6.45, 7) is 0.731. The highest BCUT2D eigenvalue weighted by molar-refractivity contribution is 6.22. The average Bonchev–Trinajstić information content (AvgIpc) is 2.98. The van der Waals surface area contributed by atoms with Crippen LogP contribution < -0.4 is 10.2 Å². The van der Waals surface area contributed by atoms with Crippen LogP contribution >= 0.6 is 0 Å². The number of benzene rings is 1. The first-order valence-electron chi connectivity index (χ1n) is 7.27. The molecule has 4 nitrogen and oxygen atoms in total. The monoisotopic (exact) mass is 272 g/mol. The molecule has 1 N–H and O–H groups in total. The number of nitrogens with one attached hydrogen (secondary N) is 1. The Hall–Kier alpha value is -1.68. The first-order chi connectivity index (χ1) is 9.66. The maximum absolute atomic E-state index is 12.7. The number of carbonyl (C=O) groups excluding carboxylic acids is 2. The number of hydrogen-bond acceptors (Lipinski definition) is 3. The first kappa shape index (κ1) is 13.3. The van der Waals surface area contributed by atoms with Gasteiger partial charge in [-0.15, -0.1) is 0 Å². The van der Waals surface area contributed by atoms with Crippen LogP contribution in [-0.4, -0.2) is 18.9 Å². The van der Waals surface area contributed by atoms with Gasteiger partial charge in [0.2, 0.25) is 11.8 Å². The second-order valence-electron chi connectivity index (χ2n) is 5.90. The molecule has 1 aromatic rings. The topological polar surface area (TPSA) is 49.4 Å². The third kappa shape index (κ3) is 2.04. The zero-order valence-corrected chi connectivity index (χ0v) is 11.8. The predicted octanol–water partition coefficient (Wildman–Crippen LogP) is 2.23. The maximum atomic E-state index is 12.7. The second-order valence-corrected chi connectivity index (χ2v) is 5.90. The largest absolute Gasteiger partial charge is 0.316 e. The third-order valence-electron chi connectivity index (χ3n) is 4.51. The molecule has 0 bridgehead atoms. The lowest BCUT2D eigenvalue weighted by atomic mass is 9.84. The molecule has 0 aromatic heterocycles. The summed E-state index contributed by atoms with van der Waals surface area (Å²) in [7, 11) is 1.88. The fraction of sp³-hybridized carbons (Fsp3) is 0.500. The van der Waals surface area contributed by atoms with Crippen molar-refractivity contribution in [2.75, 3.05) is 11.9 Å². The van der Waals surface area contributed by atoms with Gasteiger partial charge in [0.25, 0.3) is 0 Å². The van der Waals surface area contributed by atoms with Crippen molar-refractivity contribution in [1.29, 1.82) is 0 Å². The van der Waals surface area contributed by atoms with Gasteiger partial charge < -0.3 is 5.32 Å². The lowest BCUT2D eigenvalue weighted by Crippen LogP contribution is -2.34. The fourth-order valence-electron chi connectivity index (χ4n) is 3.51. The number of imide groups is 1. The molecule has 2 amide bonds. The van der Waals surface area contributed by atoms with Gasteiger partial charge >= 0.3 is 0 Å². The summed E-state index contributed by atoms with van der Waals surface area (Å²) >= 11 is 0. The lowest BCUT2D eigenvalue weighted by molar-refractivity contribution is -0.125. The molecule has 1 aliphatic carbocycles. The Morgan fingerprint density at radius 2 is 2.00 bits per heavy atom. The van der Waals surface area contributed by atoms with E-state index in [1.807, 2.05) is 31.3 Å². The maximum Gasteiger partial charge on any atom is 0.240 e. The van der Waals surface area contributed by atoms with Gasteiger partial charge in [-0.3, -0.25) is 14.5 Å². The Bertz CT molecular complexity index is 547. The van der Waals surface area contributed by atoms with Gasteiger partial charge in [-0.2, -0.15) is 0 Å². The number of anilines is 1. The molecule has 1 saturated heterocycles. The van der Waals surface area contributed by atoms with Gasteiger partial charge in [-0.05, 0) is 37.6 Å². The number of hydrogen-bond donors (Lipinski definition) is 1. The smallest absolute Gasteiger partial charge is 0.240 e. The van der Waals surface area contributed by atoms with E-state index in [1.54, 1.807) is 0 Å². The van der Waals surface area contributed by atoms with Crippen LogP contribution in [0.25, 0.3) is 0 Å². The number of carbonyl (C=O) groups is 2. The molecule has 1 aliphatic heterocycles. The Morgan fingerprint density at radius 3 is 2.70 bits per heavy atom. The van der Waals surface area contributed by atoms with Crippen LogP contribution in [0.4, 0.5) is 5.69 Å². The average molecular weight is 272 g/mol. The quantitative estimate of drug-likeness (QED) is 0.858. The summed E-state index contributed by atoms with van der Waals surface area (Å²) in [4.78, 5) is 26.4. The Labute approximate surface area is 119 Å². The van der Waals surface area contributed by atoms with Crippen molar-refractivity contribution in [3.05, 3.63) is 29.8 Å². The van der Waals surface area contributed by atoms with E-state index in [0.717, 1.165) is 43.5 Å². The Kier molecular flexibility index (Phi) is 3.34. The summed E-state index contributed by atoms with van der Waals surface area (Å²) in [6.07, 6.45) is 4.25. The lowest BCUT2D eigenvalue weighted by Gasteiger charge is -2.21. The van der Waals surface area contributed by atoms with Crippen LogP contribution in [-0.2, 0) is 16.1 Å². The van der Waals surface area contributed by atoms with Crippen LogP contribution in [0.5, 0.6) is 0 Å². The van der Waals surface area contributed by atoms with Crippen molar-refractivity contribution in [1.82, 2.24) is 5.32 Å². The standard InChI is InChI=1S/C16H20N2O2/c1-17-11-12-5-4-6-13(9-12)18-14(19)10-16(15(18)20)7-2-3-8-16/h4-6,9,17H,2-3,7-8,10-11H2,1H3. The first-order valence-corrected chi connectivity index (χ1v) is 7.27. The van der Waals surface area contributed by atoms with E-state index >= 15 is 0 Å². The van der Waals surface area contributed by atoms with E-state index < -0.39 is 5.41 Å². The molecule has 20 heavy (non-hydrogen) atoms. The van der Waals surface area contributed by atoms with Crippen molar-refractivity contribution in [3.8, 4) is 0 Å². The normalized spacial score (nSPS) is 21.1. The van der Waals surface area contributed by atoms with Crippen LogP contribution in [0, 0.1) is 5.41 Å². The van der Waals surface area contributed by atoms with Crippen LogP contribution in [0.15, 0.2) is 24.3 Å². The molecule has 1 aromatic carbocycles. The van der Waals surface area contributed by atoms with Gasteiger partial charge in [0.05, 0.1) is 11.1 Å². The molecular formula is C16H20N2O2. The highest BCUT2D eigenvalue weighted by atomic mass is 16.2. The van der Waals surface area contributed by atoms with Crippen molar-refractivity contribution < 1.29 is 9.59 Å². The molecular weight excluding hydrogens is 252 g/mol. The number of nitrogens with zero attached hydrogens (tertiary/aromatic N) is 1. The van der Waals surface area contributed by atoms with E-state index in [9.17, 15) is 9.59 Å². The fourth-order valence-corrected chi connectivity index (χ4v) is 3.51. The van der Waals surface area contributed by atoms with Gasteiger partial charge in [0.1, 0.15) is 0 Å². The molecule has 0 radical (unpaired) electrons. The third-order valence-corrected chi connectivity index (χ3v) is 4.51. The molecule has 3 rings (SSSR count). The van der Waals surface area contributed by atoms with Crippen LogP contribution in [0.2, 0.25) is 0 Å². The predicted molar refractivity (Wildman–Crippen MR) is 77.2 cm³/mol. The van der Waals surface area contributed by atoms with Crippen LogP contribution in [0.3, 0.4) is 0 Å². The summed E-state index contributed by atoms with van der Waals surface area (Å²) in [5, 5.41) is 3.08. The van der Waals surface area contributed by atoms with Gasteiger partial charge in [0.15, 0.2) is 0 Å². The number of amides is 2. The molecule has 0 atom stereocenters. The molecule has 2 aliphatic rings. The van der Waals surface area contributed by atoms with Crippen LogP contribution in [0.1, 0.15) is 37.7 Å².